The van der Waals surface area contributed by atoms with E-state index in [-0.39, 0.29) is 5.71 Å². The minimum atomic E-state index is -0.682. The Morgan fingerprint density at radius 3 is 2.56 bits per heavy atom. The van der Waals surface area contributed by atoms with Crippen LogP contribution in [0.4, 0.5) is 0 Å². The van der Waals surface area contributed by atoms with Crippen LogP contribution >= 0.6 is 0 Å². The van der Waals surface area contributed by atoms with Gasteiger partial charge in [-0.05, 0) is 22.8 Å². The van der Waals surface area contributed by atoms with Gasteiger partial charge in [-0.3, -0.25) is 4.79 Å². The number of oxime groups is 1. The zero-order valence-corrected chi connectivity index (χ0v) is 9.84. The number of carbonyl (C=O) groups is 1. The van der Waals surface area contributed by atoms with Crippen LogP contribution in [0.25, 0.3) is 10.8 Å². The standard InChI is InChI=1S/C14H14N2O2/c15-14(17)13(16-18)8-6-10-5-7-11-3-1-2-4-12(11)9-10/h1-5,7,9,18H,6,8H2,(H2,15,17)/b16-13+. The summed E-state index contributed by atoms with van der Waals surface area (Å²) in [7, 11) is 0. The van der Waals surface area contributed by atoms with Crippen LogP contribution in [-0.4, -0.2) is 16.8 Å². The molecular formula is C14H14N2O2. The van der Waals surface area contributed by atoms with E-state index in [1.165, 1.54) is 5.39 Å². The molecule has 4 nitrogen and oxygen atoms in total. The van der Waals surface area contributed by atoms with Crippen molar-refractivity contribution in [3.63, 3.8) is 0 Å². The van der Waals surface area contributed by atoms with Gasteiger partial charge in [-0.2, -0.15) is 0 Å². The van der Waals surface area contributed by atoms with Crippen LogP contribution in [0.2, 0.25) is 0 Å². The summed E-state index contributed by atoms with van der Waals surface area (Å²) < 4.78 is 0. The van der Waals surface area contributed by atoms with Gasteiger partial charge in [0, 0.05) is 6.42 Å². The van der Waals surface area contributed by atoms with Gasteiger partial charge in [0.1, 0.15) is 5.71 Å². The van der Waals surface area contributed by atoms with Crippen LogP contribution in [0.3, 0.4) is 0 Å². The first-order chi connectivity index (χ1) is 8.70. The highest BCUT2D eigenvalue weighted by Gasteiger charge is 2.07. The van der Waals surface area contributed by atoms with Crippen molar-refractivity contribution < 1.29 is 10.0 Å². The molecule has 0 saturated heterocycles. The van der Waals surface area contributed by atoms with Gasteiger partial charge in [-0.25, -0.2) is 0 Å². The van der Waals surface area contributed by atoms with Crippen molar-refractivity contribution in [2.75, 3.05) is 0 Å². The molecule has 18 heavy (non-hydrogen) atoms. The van der Waals surface area contributed by atoms with E-state index in [1.54, 1.807) is 0 Å². The molecule has 0 atom stereocenters. The third-order valence-corrected chi connectivity index (χ3v) is 2.87. The molecule has 1 amide bonds. The Morgan fingerprint density at radius 1 is 1.17 bits per heavy atom. The number of primary amides is 1. The third-order valence-electron chi connectivity index (χ3n) is 2.87. The zero-order chi connectivity index (χ0) is 13.0. The molecule has 0 aliphatic rings. The number of benzene rings is 2. The lowest BCUT2D eigenvalue weighted by Gasteiger charge is -2.03. The van der Waals surface area contributed by atoms with E-state index in [0.717, 1.165) is 10.9 Å². The van der Waals surface area contributed by atoms with Crippen molar-refractivity contribution in [3.8, 4) is 0 Å². The number of aryl methyl sites for hydroxylation is 1. The van der Waals surface area contributed by atoms with E-state index < -0.39 is 5.91 Å². The van der Waals surface area contributed by atoms with E-state index in [1.807, 2.05) is 36.4 Å². The van der Waals surface area contributed by atoms with Crippen molar-refractivity contribution in [1.82, 2.24) is 0 Å². The second-order valence-corrected chi connectivity index (χ2v) is 4.09. The van der Waals surface area contributed by atoms with Crippen LogP contribution in [-0.2, 0) is 11.2 Å². The molecule has 0 aliphatic carbocycles. The summed E-state index contributed by atoms with van der Waals surface area (Å²) in [5.74, 6) is -0.682. The first-order valence-corrected chi connectivity index (χ1v) is 5.69. The Bertz CT molecular complexity index is 606. The van der Waals surface area contributed by atoms with Crippen LogP contribution in [0.1, 0.15) is 12.0 Å². The predicted octanol–water partition coefficient (Wildman–Crippen LogP) is 2.09. The van der Waals surface area contributed by atoms with E-state index >= 15 is 0 Å². The Balaban J connectivity index is 2.15. The maximum Gasteiger partial charge on any atom is 0.266 e. The number of nitrogens with zero attached hydrogens (tertiary/aromatic N) is 1. The third kappa shape index (κ3) is 2.66. The van der Waals surface area contributed by atoms with Crippen molar-refractivity contribution in [2.45, 2.75) is 12.8 Å². The number of fused-ring (bicyclic) bond motifs is 1. The summed E-state index contributed by atoms with van der Waals surface area (Å²) in [6, 6.07) is 14.1. The lowest BCUT2D eigenvalue weighted by Crippen LogP contribution is -2.23. The number of hydrogen-bond donors (Lipinski definition) is 2. The molecule has 0 fully saturated rings. The number of amides is 1. The van der Waals surface area contributed by atoms with E-state index in [0.29, 0.717) is 12.8 Å². The van der Waals surface area contributed by atoms with Gasteiger partial charge in [-0.1, -0.05) is 47.6 Å². The minimum Gasteiger partial charge on any atom is -0.410 e. The highest BCUT2D eigenvalue weighted by Crippen LogP contribution is 2.16. The Labute approximate surface area is 105 Å². The van der Waals surface area contributed by atoms with Gasteiger partial charge >= 0.3 is 0 Å². The Kier molecular flexibility index (Phi) is 3.57. The normalized spacial score (nSPS) is 11.7. The van der Waals surface area contributed by atoms with Crippen LogP contribution in [0, 0.1) is 0 Å². The lowest BCUT2D eigenvalue weighted by atomic mass is 10.0. The number of rotatable bonds is 4. The molecule has 2 rings (SSSR count). The molecule has 0 unspecified atom stereocenters. The fraction of sp³-hybridized carbons (Fsp3) is 0.143. The first kappa shape index (κ1) is 12.1. The number of hydrogen-bond acceptors (Lipinski definition) is 3. The second-order valence-electron chi connectivity index (χ2n) is 4.09. The summed E-state index contributed by atoms with van der Waals surface area (Å²) in [6.45, 7) is 0. The zero-order valence-electron chi connectivity index (χ0n) is 9.84. The summed E-state index contributed by atoms with van der Waals surface area (Å²) in [5.41, 5.74) is 6.15. The molecule has 2 aromatic carbocycles. The molecule has 0 bridgehead atoms. The van der Waals surface area contributed by atoms with Crippen molar-refractivity contribution in [1.29, 1.82) is 0 Å². The quantitative estimate of drug-likeness (QED) is 0.489. The molecule has 0 radical (unpaired) electrons. The van der Waals surface area contributed by atoms with Crippen molar-refractivity contribution in [3.05, 3.63) is 48.0 Å². The topological polar surface area (TPSA) is 75.7 Å². The van der Waals surface area contributed by atoms with Gasteiger partial charge in [0.15, 0.2) is 0 Å². The summed E-state index contributed by atoms with van der Waals surface area (Å²) in [5, 5.41) is 13.9. The molecule has 3 N–H and O–H groups in total. The Morgan fingerprint density at radius 2 is 1.89 bits per heavy atom. The van der Waals surface area contributed by atoms with E-state index in [2.05, 4.69) is 11.2 Å². The summed E-state index contributed by atoms with van der Waals surface area (Å²) >= 11 is 0. The van der Waals surface area contributed by atoms with Gasteiger partial charge in [0.05, 0.1) is 0 Å². The molecular weight excluding hydrogens is 228 g/mol. The fourth-order valence-electron chi connectivity index (χ4n) is 1.88. The Hall–Kier alpha value is -2.36. The maximum absolute atomic E-state index is 10.9. The molecule has 4 heteroatoms. The van der Waals surface area contributed by atoms with Gasteiger partial charge in [-0.15, -0.1) is 0 Å². The molecule has 0 heterocycles. The average molecular weight is 242 g/mol. The van der Waals surface area contributed by atoms with Gasteiger partial charge in [0.25, 0.3) is 5.91 Å². The smallest absolute Gasteiger partial charge is 0.266 e. The molecule has 0 aromatic heterocycles. The molecule has 0 aliphatic heterocycles. The monoisotopic (exact) mass is 242 g/mol. The summed E-state index contributed by atoms with van der Waals surface area (Å²) in [6.07, 6.45) is 0.956. The number of nitrogens with two attached hydrogens (primary N) is 1. The predicted molar refractivity (Wildman–Crippen MR) is 70.7 cm³/mol. The fourth-order valence-corrected chi connectivity index (χ4v) is 1.88. The number of carbonyl (C=O) groups excluding carboxylic acids is 1. The maximum atomic E-state index is 10.9. The van der Waals surface area contributed by atoms with E-state index in [4.69, 9.17) is 10.9 Å². The first-order valence-electron chi connectivity index (χ1n) is 5.69. The highest BCUT2D eigenvalue weighted by molar-refractivity contribution is 6.38. The molecule has 92 valence electrons. The van der Waals surface area contributed by atoms with Gasteiger partial charge < -0.3 is 10.9 Å². The molecule has 0 saturated carbocycles. The van der Waals surface area contributed by atoms with Crippen LogP contribution in [0.15, 0.2) is 47.6 Å². The van der Waals surface area contributed by atoms with Gasteiger partial charge in [0.2, 0.25) is 0 Å². The minimum absolute atomic E-state index is 0.00292. The second kappa shape index (κ2) is 5.31. The summed E-state index contributed by atoms with van der Waals surface area (Å²) in [4.78, 5) is 10.9. The highest BCUT2D eigenvalue weighted by atomic mass is 16.4. The van der Waals surface area contributed by atoms with Crippen molar-refractivity contribution >= 4 is 22.4 Å². The van der Waals surface area contributed by atoms with Crippen molar-refractivity contribution in [2.24, 2.45) is 10.9 Å². The SMILES string of the molecule is NC(=O)/C(CCc1ccc2ccccc2c1)=N/O. The molecule has 2 aromatic rings. The average Bonchev–Trinajstić information content (AvgIpc) is 2.39. The van der Waals surface area contributed by atoms with Crippen LogP contribution in [0.5, 0.6) is 0 Å². The molecule has 0 spiro atoms. The van der Waals surface area contributed by atoms with Crippen LogP contribution < -0.4 is 5.73 Å². The lowest BCUT2D eigenvalue weighted by molar-refractivity contribution is -0.112. The van der Waals surface area contributed by atoms with E-state index in [9.17, 15) is 4.79 Å². The largest absolute Gasteiger partial charge is 0.410 e.